The molecule has 0 spiro atoms. The Morgan fingerprint density at radius 3 is 1.61 bits per heavy atom. The molecule has 0 radical (unpaired) electrons. The van der Waals surface area contributed by atoms with E-state index in [9.17, 15) is 0 Å². The molecule has 0 amide bonds. The van der Waals surface area contributed by atoms with E-state index in [1.807, 2.05) is 11.3 Å². The average Bonchev–Trinajstić information content (AvgIpc) is 3.83. The van der Waals surface area contributed by atoms with E-state index in [4.69, 9.17) is 0 Å². The van der Waals surface area contributed by atoms with Gasteiger partial charge in [0.05, 0.1) is 11.7 Å². The Kier molecular flexibility index (Phi) is 8.99. The predicted molar refractivity (Wildman–Crippen MR) is 308 cm³/mol. The highest BCUT2D eigenvalue weighted by Crippen LogP contribution is 2.50. The first kappa shape index (κ1) is 40.2. The molecule has 1 heterocycles. The molecule has 0 N–H and O–H groups in total. The summed E-state index contributed by atoms with van der Waals surface area (Å²) >= 11 is 1.93. The Morgan fingerprint density at radius 2 is 0.859 bits per heavy atom. The number of rotatable bonds is 6. The van der Waals surface area contributed by atoms with E-state index in [0.29, 0.717) is 0 Å². The molecule has 0 fully saturated rings. The van der Waals surface area contributed by atoms with Crippen LogP contribution in [-0.4, -0.2) is 0 Å². The van der Waals surface area contributed by atoms with Crippen LogP contribution >= 0.6 is 11.3 Å². The molecule has 1 aromatic heterocycles. The van der Waals surface area contributed by atoms with Gasteiger partial charge in [-0.1, -0.05) is 194 Å². The van der Waals surface area contributed by atoms with Gasteiger partial charge >= 0.3 is 0 Å². The van der Waals surface area contributed by atoms with Crippen molar-refractivity contribution in [2.24, 2.45) is 0 Å². The van der Waals surface area contributed by atoms with E-state index in [0.717, 1.165) is 23.5 Å². The number of benzene rings is 13. The third-order valence-corrected chi connectivity index (χ3v) is 16.5. The lowest BCUT2D eigenvalue weighted by molar-refractivity contribution is 0.702. The molecule has 1 aliphatic carbocycles. The van der Waals surface area contributed by atoms with Crippen LogP contribution in [0.25, 0.3) is 102 Å². The lowest BCUT2D eigenvalue weighted by atomic mass is 9.90. The van der Waals surface area contributed by atoms with Crippen LogP contribution in [0.5, 0.6) is 0 Å². The Morgan fingerprint density at radius 1 is 0.352 bits per heavy atom. The summed E-state index contributed by atoms with van der Waals surface area (Å²) in [5, 5.41) is 20.2. The maximum absolute atomic E-state index is 2.60. The van der Waals surface area contributed by atoms with Crippen molar-refractivity contribution in [2.45, 2.75) is 12.5 Å². The van der Waals surface area contributed by atoms with Gasteiger partial charge in [-0.3, -0.25) is 0 Å². The predicted octanol–water partition coefficient (Wildman–Crippen LogP) is 19.9. The Bertz CT molecular complexity index is 4540. The second-order valence-corrected chi connectivity index (χ2v) is 20.2. The second-order valence-electron chi connectivity index (χ2n) is 19.1. The van der Waals surface area contributed by atoms with Crippen LogP contribution in [-0.2, 0) is 0 Å². The highest BCUT2D eigenvalue weighted by Gasteiger charge is 2.27. The number of fused-ring (bicyclic) bond motifs is 16. The quantitative estimate of drug-likeness (QED) is 0.153. The molecular formula is C68H44N2S. The van der Waals surface area contributed by atoms with E-state index in [1.165, 1.54) is 118 Å². The summed E-state index contributed by atoms with van der Waals surface area (Å²) in [4.78, 5) is 5.08. The van der Waals surface area contributed by atoms with Crippen LogP contribution < -0.4 is 9.80 Å². The third-order valence-electron chi connectivity index (χ3n) is 15.3. The lowest BCUT2D eigenvalue weighted by Gasteiger charge is -2.36. The van der Waals surface area contributed by atoms with Crippen molar-refractivity contribution in [1.29, 1.82) is 0 Å². The van der Waals surface area contributed by atoms with Gasteiger partial charge in [-0.2, -0.15) is 0 Å². The van der Waals surface area contributed by atoms with Crippen molar-refractivity contribution in [1.82, 2.24) is 0 Å². The fourth-order valence-electron chi connectivity index (χ4n) is 12.0. The van der Waals surface area contributed by atoms with Crippen molar-refractivity contribution < 1.29 is 0 Å². The van der Waals surface area contributed by atoms with Gasteiger partial charge in [0.2, 0.25) is 0 Å². The van der Waals surface area contributed by atoms with E-state index < -0.39 is 0 Å². The molecule has 0 saturated carbocycles. The largest absolute Gasteiger partial charge is 0.334 e. The first-order valence-electron chi connectivity index (χ1n) is 24.7. The molecule has 332 valence electrons. The van der Waals surface area contributed by atoms with Crippen molar-refractivity contribution >= 4 is 141 Å². The van der Waals surface area contributed by atoms with E-state index in [1.54, 1.807) is 0 Å². The normalized spacial score (nSPS) is 13.7. The summed E-state index contributed by atoms with van der Waals surface area (Å²) in [5.41, 5.74) is 8.44. The molecule has 1 aliphatic rings. The van der Waals surface area contributed by atoms with Gasteiger partial charge < -0.3 is 9.80 Å². The minimum atomic E-state index is 0.126. The van der Waals surface area contributed by atoms with Crippen LogP contribution in [0.3, 0.4) is 0 Å². The Balaban J connectivity index is 0.939. The molecular weight excluding hydrogens is 877 g/mol. The monoisotopic (exact) mass is 920 g/mol. The van der Waals surface area contributed by atoms with Crippen molar-refractivity contribution in [2.75, 3.05) is 9.80 Å². The number of hydrogen-bond donors (Lipinski definition) is 0. The molecule has 15 rings (SSSR count). The van der Waals surface area contributed by atoms with E-state index in [-0.39, 0.29) is 6.04 Å². The molecule has 2 nitrogen and oxygen atoms in total. The molecule has 71 heavy (non-hydrogen) atoms. The summed E-state index contributed by atoms with van der Waals surface area (Å²) in [6, 6.07) is 88.5. The molecule has 0 bridgehead atoms. The van der Waals surface area contributed by atoms with Crippen molar-refractivity contribution in [3.8, 4) is 0 Å². The van der Waals surface area contributed by atoms with Gasteiger partial charge in [-0.15, -0.1) is 11.3 Å². The standard InChI is InChI=1S/C68H44N2S/c1-5-19-53-45(15-1)27-29-47-31-33-49(39-61(47)53)69(64-25-11-17-43-13-3-7-21-55(43)64)51-35-37-59-63(41-51)57-23-9-10-24-58(57)67-60-38-36-52(42-66(60)71-68(59)67)70(65-26-12-18-44-14-4-8-22-56(44)65)50-34-32-48-30-28-46-16-2-6-20-54(46)62(48)40-50/h1-25,27-42,65H,26H2. The third kappa shape index (κ3) is 6.33. The number of nitrogens with zero attached hydrogens (tertiary/aromatic N) is 2. The summed E-state index contributed by atoms with van der Waals surface area (Å²) in [7, 11) is 0. The SMILES string of the molecule is C1=Cc2ccccc2C(N(c2ccc3c(c2)sc2c4ccc(N(c5ccc6ccc7ccccc7c6c5)c5cccc6ccccc56)cc4c4ccccc4c32)c2ccc3ccc4ccccc4c3c2)C1. The smallest absolute Gasteiger partial charge is 0.0631 e. The lowest BCUT2D eigenvalue weighted by Crippen LogP contribution is -2.25. The van der Waals surface area contributed by atoms with E-state index >= 15 is 0 Å². The van der Waals surface area contributed by atoms with Crippen LogP contribution in [0.15, 0.2) is 243 Å². The average molecular weight is 921 g/mol. The molecule has 0 saturated heterocycles. The fourth-order valence-corrected chi connectivity index (χ4v) is 13.3. The highest BCUT2D eigenvalue weighted by atomic mass is 32.1. The zero-order chi connectivity index (χ0) is 46.6. The first-order chi connectivity index (χ1) is 35.2. The van der Waals surface area contributed by atoms with Gasteiger partial charge in [0, 0.05) is 53.7 Å². The summed E-state index contributed by atoms with van der Waals surface area (Å²) in [6.07, 6.45) is 5.56. The van der Waals surface area contributed by atoms with Gasteiger partial charge in [0.1, 0.15) is 0 Å². The second kappa shape index (κ2) is 15.9. The molecule has 1 unspecified atom stereocenters. The maximum atomic E-state index is 2.60. The molecule has 13 aromatic carbocycles. The summed E-state index contributed by atoms with van der Waals surface area (Å²) in [6.45, 7) is 0. The van der Waals surface area contributed by atoms with Crippen molar-refractivity contribution in [3.63, 3.8) is 0 Å². The minimum Gasteiger partial charge on any atom is -0.334 e. The number of anilines is 5. The molecule has 1 atom stereocenters. The van der Waals surface area contributed by atoms with Gasteiger partial charge in [-0.05, 0) is 137 Å². The molecule has 3 heteroatoms. The summed E-state index contributed by atoms with van der Waals surface area (Å²) in [5.74, 6) is 0. The Labute approximate surface area is 415 Å². The minimum absolute atomic E-state index is 0.126. The number of hydrogen-bond acceptors (Lipinski definition) is 3. The zero-order valence-corrected chi connectivity index (χ0v) is 39.6. The van der Waals surface area contributed by atoms with Gasteiger partial charge in [0.15, 0.2) is 0 Å². The summed E-state index contributed by atoms with van der Waals surface area (Å²) < 4.78 is 2.61. The van der Waals surface area contributed by atoms with Crippen LogP contribution in [0.4, 0.5) is 28.4 Å². The Hall–Kier alpha value is -8.76. The van der Waals surface area contributed by atoms with Crippen LogP contribution in [0.1, 0.15) is 23.6 Å². The van der Waals surface area contributed by atoms with Gasteiger partial charge in [0.25, 0.3) is 0 Å². The maximum Gasteiger partial charge on any atom is 0.0631 e. The molecule has 14 aromatic rings. The molecule has 0 aliphatic heterocycles. The fraction of sp³-hybridized carbons (Fsp3) is 0.0294. The number of thiophene rings is 1. The van der Waals surface area contributed by atoms with Crippen LogP contribution in [0.2, 0.25) is 0 Å². The van der Waals surface area contributed by atoms with Gasteiger partial charge in [-0.25, -0.2) is 0 Å². The first-order valence-corrected chi connectivity index (χ1v) is 25.5. The van der Waals surface area contributed by atoms with Crippen LogP contribution in [0, 0.1) is 0 Å². The van der Waals surface area contributed by atoms with Crippen molar-refractivity contribution in [3.05, 3.63) is 254 Å². The topological polar surface area (TPSA) is 6.48 Å². The van der Waals surface area contributed by atoms with E-state index in [2.05, 4.69) is 259 Å². The highest BCUT2D eigenvalue weighted by molar-refractivity contribution is 7.27. The zero-order valence-electron chi connectivity index (χ0n) is 38.8.